The molecule has 4 aromatic rings. The van der Waals surface area contributed by atoms with Gasteiger partial charge in [-0.05, 0) is 42.9 Å². The Bertz CT molecular complexity index is 1290. The molecule has 2 unspecified atom stereocenters. The third kappa shape index (κ3) is 2.99. The molecule has 0 aliphatic heterocycles. The predicted octanol–water partition coefficient (Wildman–Crippen LogP) is 4.47. The number of halogens is 1. The zero-order valence-electron chi connectivity index (χ0n) is 17.0. The summed E-state index contributed by atoms with van der Waals surface area (Å²) >= 11 is 6.05. The Morgan fingerprint density at radius 1 is 1.10 bits per heavy atom. The molecular weight excluding hydrogens is 400 g/mol. The molecule has 3 heterocycles. The van der Waals surface area contributed by atoms with Crippen molar-refractivity contribution in [3.63, 3.8) is 0 Å². The van der Waals surface area contributed by atoms with Gasteiger partial charge in [-0.25, -0.2) is 4.98 Å². The van der Waals surface area contributed by atoms with Crippen molar-refractivity contribution in [2.24, 2.45) is 5.92 Å². The number of hydrogen-bond donors (Lipinski definition) is 0. The summed E-state index contributed by atoms with van der Waals surface area (Å²) in [5.74, 6) is 0.445. The molecule has 154 valence electrons. The van der Waals surface area contributed by atoms with Crippen molar-refractivity contribution in [3.8, 4) is 11.1 Å². The highest BCUT2D eigenvalue weighted by Crippen LogP contribution is 2.33. The van der Waals surface area contributed by atoms with Gasteiger partial charge in [0.05, 0.1) is 11.3 Å². The van der Waals surface area contributed by atoms with Gasteiger partial charge in [-0.3, -0.25) is 9.36 Å². The second kappa shape index (κ2) is 7.47. The zero-order valence-corrected chi connectivity index (χ0v) is 17.8. The molecule has 2 atom stereocenters. The molecule has 1 aliphatic carbocycles. The first-order valence-corrected chi connectivity index (χ1v) is 10.9. The van der Waals surface area contributed by atoms with Gasteiger partial charge < -0.3 is 0 Å². The van der Waals surface area contributed by atoms with E-state index in [9.17, 15) is 4.79 Å². The van der Waals surface area contributed by atoms with Crippen LogP contribution in [0.25, 0.3) is 27.9 Å². The molecule has 0 spiro atoms. The monoisotopic (exact) mass is 422 g/mol. The SMILES string of the molecule is CCc1nn2c(nnc3c(=O)n(C4CCCCC4C)cnc32)c1-c1ccc(Cl)cc1. The minimum absolute atomic E-state index is 0.144. The van der Waals surface area contributed by atoms with Crippen molar-refractivity contribution in [1.29, 1.82) is 0 Å². The van der Waals surface area contributed by atoms with E-state index in [0.717, 1.165) is 42.5 Å². The maximum Gasteiger partial charge on any atom is 0.283 e. The highest BCUT2D eigenvalue weighted by Gasteiger charge is 2.26. The van der Waals surface area contributed by atoms with Crippen LogP contribution in [0, 0.1) is 5.92 Å². The molecule has 30 heavy (non-hydrogen) atoms. The van der Waals surface area contributed by atoms with Crippen molar-refractivity contribution in [2.45, 2.75) is 52.0 Å². The highest BCUT2D eigenvalue weighted by molar-refractivity contribution is 6.30. The molecule has 7 nitrogen and oxygen atoms in total. The molecular formula is C22H23ClN6O. The topological polar surface area (TPSA) is 78.0 Å². The van der Waals surface area contributed by atoms with E-state index >= 15 is 0 Å². The Labute approximate surface area is 178 Å². The van der Waals surface area contributed by atoms with Crippen molar-refractivity contribution in [2.75, 3.05) is 0 Å². The van der Waals surface area contributed by atoms with Crippen LogP contribution in [-0.2, 0) is 6.42 Å². The molecule has 0 saturated heterocycles. The summed E-state index contributed by atoms with van der Waals surface area (Å²) in [6.45, 7) is 4.25. The molecule has 1 aliphatic rings. The largest absolute Gasteiger partial charge is 0.294 e. The Morgan fingerprint density at radius 2 is 1.87 bits per heavy atom. The summed E-state index contributed by atoms with van der Waals surface area (Å²) < 4.78 is 3.40. The maximum absolute atomic E-state index is 13.3. The van der Waals surface area contributed by atoms with E-state index in [1.165, 1.54) is 6.42 Å². The summed E-state index contributed by atoms with van der Waals surface area (Å²) in [6.07, 6.45) is 6.85. The number of nitrogens with zero attached hydrogens (tertiary/aromatic N) is 6. The van der Waals surface area contributed by atoms with Crippen molar-refractivity contribution >= 4 is 28.4 Å². The van der Waals surface area contributed by atoms with Crippen LogP contribution >= 0.6 is 11.6 Å². The van der Waals surface area contributed by atoms with Crippen LogP contribution in [0.2, 0.25) is 5.02 Å². The number of benzene rings is 1. The van der Waals surface area contributed by atoms with Crippen LogP contribution in [-0.4, -0.2) is 29.4 Å². The summed E-state index contributed by atoms with van der Waals surface area (Å²) in [6, 6.07) is 7.74. The molecule has 0 N–H and O–H groups in total. The summed E-state index contributed by atoms with van der Waals surface area (Å²) in [5.41, 5.74) is 3.90. The van der Waals surface area contributed by atoms with Crippen molar-refractivity contribution < 1.29 is 0 Å². The van der Waals surface area contributed by atoms with E-state index in [0.29, 0.717) is 22.2 Å². The second-order valence-electron chi connectivity index (χ2n) is 8.08. The van der Waals surface area contributed by atoms with E-state index in [1.807, 2.05) is 31.2 Å². The lowest BCUT2D eigenvalue weighted by Crippen LogP contribution is -2.31. The van der Waals surface area contributed by atoms with Gasteiger partial charge in [0, 0.05) is 11.1 Å². The van der Waals surface area contributed by atoms with Crippen LogP contribution in [0.15, 0.2) is 35.4 Å². The minimum Gasteiger partial charge on any atom is -0.294 e. The van der Waals surface area contributed by atoms with Crippen molar-refractivity contribution in [1.82, 2.24) is 29.4 Å². The lowest BCUT2D eigenvalue weighted by molar-refractivity contribution is 0.251. The van der Waals surface area contributed by atoms with Gasteiger partial charge >= 0.3 is 0 Å². The number of aryl methyl sites for hydroxylation is 1. The normalized spacial score (nSPS) is 19.6. The third-order valence-electron chi connectivity index (χ3n) is 6.22. The summed E-state index contributed by atoms with van der Waals surface area (Å²) in [4.78, 5) is 17.9. The molecule has 1 fully saturated rings. The molecule has 1 aromatic carbocycles. The molecule has 0 bridgehead atoms. The van der Waals surface area contributed by atoms with Gasteiger partial charge in [0.15, 0.2) is 16.8 Å². The summed E-state index contributed by atoms with van der Waals surface area (Å²) in [5, 5.41) is 14.1. The van der Waals surface area contributed by atoms with E-state index in [2.05, 4.69) is 22.1 Å². The smallest absolute Gasteiger partial charge is 0.283 e. The van der Waals surface area contributed by atoms with Gasteiger partial charge in [-0.2, -0.15) is 9.61 Å². The van der Waals surface area contributed by atoms with Gasteiger partial charge in [0.1, 0.15) is 6.33 Å². The molecule has 0 radical (unpaired) electrons. The fraction of sp³-hybridized carbons (Fsp3) is 0.409. The fourth-order valence-corrected chi connectivity index (χ4v) is 4.71. The molecule has 0 amide bonds. The van der Waals surface area contributed by atoms with Crippen LogP contribution in [0.3, 0.4) is 0 Å². The average molecular weight is 423 g/mol. The Hall–Kier alpha value is -2.80. The number of fused-ring (bicyclic) bond motifs is 3. The van der Waals surface area contributed by atoms with Crippen LogP contribution in [0.5, 0.6) is 0 Å². The predicted molar refractivity (Wildman–Crippen MR) is 117 cm³/mol. The van der Waals surface area contributed by atoms with Gasteiger partial charge in [-0.15, -0.1) is 10.2 Å². The number of hydrogen-bond acceptors (Lipinski definition) is 5. The first-order chi connectivity index (χ1) is 14.6. The van der Waals surface area contributed by atoms with Crippen LogP contribution in [0.4, 0.5) is 0 Å². The van der Waals surface area contributed by atoms with Crippen LogP contribution < -0.4 is 5.56 Å². The standard InChI is InChI=1S/C22H23ClN6O/c1-3-16-18(14-8-10-15(23)11-9-14)20-26-25-19-21(29(20)27-16)24-12-28(22(19)30)17-7-5-4-6-13(17)2/h8-13,17H,3-7H2,1-2H3. The Morgan fingerprint density at radius 3 is 2.60 bits per heavy atom. The lowest BCUT2D eigenvalue weighted by Gasteiger charge is -2.29. The third-order valence-corrected chi connectivity index (χ3v) is 6.48. The molecule has 3 aromatic heterocycles. The Balaban J connectivity index is 1.72. The minimum atomic E-state index is -0.144. The van der Waals surface area contributed by atoms with Gasteiger partial charge in [0.2, 0.25) is 0 Å². The van der Waals surface area contributed by atoms with E-state index in [-0.39, 0.29) is 17.1 Å². The van der Waals surface area contributed by atoms with E-state index in [4.69, 9.17) is 16.7 Å². The highest BCUT2D eigenvalue weighted by atomic mass is 35.5. The van der Waals surface area contributed by atoms with Gasteiger partial charge in [0.25, 0.3) is 5.56 Å². The first kappa shape index (κ1) is 19.2. The first-order valence-electron chi connectivity index (χ1n) is 10.5. The maximum atomic E-state index is 13.3. The molecule has 1 saturated carbocycles. The Kier molecular flexibility index (Phi) is 4.77. The average Bonchev–Trinajstić information content (AvgIpc) is 3.14. The summed E-state index contributed by atoms with van der Waals surface area (Å²) in [7, 11) is 0. The van der Waals surface area contributed by atoms with Gasteiger partial charge in [-0.1, -0.05) is 50.4 Å². The molecule has 5 rings (SSSR count). The second-order valence-corrected chi connectivity index (χ2v) is 8.51. The van der Waals surface area contributed by atoms with Crippen molar-refractivity contribution in [3.05, 3.63) is 51.7 Å². The fourth-order valence-electron chi connectivity index (χ4n) is 4.59. The zero-order chi connectivity index (χ0) is 20.8. The van der Waals surface area contributed by atoms with E-state index < -0.39 is 0 Å². The van der Waals surface area contributed by atoms with Crippen LogP contribution in [0.1, 0.15) is 51.3 Å². The van der Waals surface area contributed by atoms with E-state index in [1.54, 1.807) is 15.4 Å². The lowest BCUT2D eigenvalue weighted by atomic mass is 9.86. The number of rotatable bonds is 3. The quantitative estimate of drug-likeness (QED) is 0.486. The molecule has 8 heteroatoms. The number of aromatic nitrogens is 6.